The average molecular weight is 444 g/mol. The summed E-state index contributed by atoms with van der Waals surface area (Å²) in [7, 11) is 0. The lowest BCUT2D eigenvalue weighted by atomic mass is 10.1. The third-order valence-electron chi connectivity index (χ3n) is 3.80. The van der Waals surface area contributed by atoms with Crippen LogP contribution >= 0.6 is 27.7 Å². The van der Waals surface area contributed by atoms with E-state index < -0.39 is 4.92 Å². The highest BCUT2D eigenvalue weighted by molar-refractivity contribution is 9.10. The van der Waals surface area contributed by atoms with Crippen LogP contribution in [0.5, 0.6) is 0 Å². The quantitative estimate of drug-likeness (QED) is 0.417. The van der Waals surface area contributed by atoms with Crippen molar-refractivity contribution < 1.29 is 9.72 Å². The second kappa shape index (κ2) is 8.32. The van der Waals surface area contributed by atoms with E-state index in [1.165, 1.54) is 17.8 Å². The number of nitro groups is 1. The van der Waals surface area contributed by atoms with Crippen molar-refractivity contribution in [3.63, 3.8) is 0 Å². The number of carbonyl (C=O) groups is 1. The van der Waals surface area contributed by atoms with Crippen molar-refractivity contribution in [2.45, 2.75) is 16.8 Å². The van der Waals surface area contributed by atoms with Gasteiger partial charge in [-0.2, -0.15) is 0 Å². The van der Waals surface area contributed by atoms with E-state index in [2.05, 4.69) is 26.2 Å². The molecule has 0 saturated carbocycles. The van der Waals surface area contributed by atoms with Crippen LogP contribution in [0.3, 0.4) is 0 Å². The third kappa shape index (κ3) is 4.53. The van der Waals surface area contributed by atoms with Crippen molar-refractivity contribution in [3.05, 3.63) is 86.5 Å². The van der Waals surface area contributed by atoms with Gasteiger partial charge in [-0.25, -0.2) is 4.98 Å². The first kappa shape index (κ1) is 19.1. The number of anilines is 1. The summed E-state index contributed by atoms with van der Waals surface area (Å²) in [5, 5.41) is 14.6. The molecule has 3 rings (SSSR count). The van der Waals surface area contributed by atoms with Gasteiger partial charge in [-0.15, -0.1) is 0 Å². The molecule has 0 bridgehead atoms. The molecule has 27 heavy (non-hydrogen) atoms. The fraction of sp³-hybridized carbons (Fsp3) is 0.0526. The average Bonchev–Trinajstić information content (AvgIpc) is 2.65. The second-order valence-corrected chi connectivity index (χ2v) is 7.55. The van der Waals surface area contributed by atoms with Gasteiger partial charge in [0.05, 0.1) is 21.7 Å². The first-order chi connectivity index (χ1) is 13.0. The number of nitrogens with zero attached hydrogens (tertiary/aromatic N) is 2. The maximum Gasteiger partial charge on any atom is 0.274 e. The van der Waals surface area contributed by atoms with Crippen LogP contribution < -0.4 is 5.32 Å². The number of aromatic nitrogens is 1. The van der Waals surface area contributed by atoms with Crippen molar-refractivity contribution in [2.24, 2.45) is 0 Å². The molecule has 0 radical (unpaired) electrons. The van der Waals surface area contributed by atoms with E-state index in [4.69, 9.17) is 0 Å². The lowest BCUT2D eigenvalue weighted by molar-refractivity contribution is -0.385. The van der Waals surface area contributed by atoms with Gasteiger partial charge in [0.15, 0.2) is 0 Å². The minimum atomic E-state index is -0.464. The Morgan fingerprint density at radius 2 is 1.93 bits per heavy atom. The molecule has 1 heterocycles. The molecule has 0 aliphatic rings. The van der Waals surface area contributed by atoms with E-state index in [0.717, 1.165) is 14.4 Å². The van der Waals surface area contributed by atoms with E-state index in [9.17, 15) is 14.9 Å². The van der Waals surface area contributed by atoms with Crippen molar-refractivity contribution in [1.82, 2.24) is 4.98 Å². The van der Waals surface area contributed by atoms with Crippen LogP contribution in [0.1, 0.15) is 15.9 Å². The van der Waals surface area contributed by atoms with Gasteiger partial charge in [0.2, 0.25) is 0 Å². The Bertz CT molecular complexity index is 1010. The van der Waals surface area contributed by atoms with Gasteiger partial charge in [0, 0.05) is 21.6 Å². The van der Waals surface area contributed by atoms with Gasteiger partial charge in [-0.05, 0) is 53.2 Å². The van der Waals surface area contributed by atoms with Crippen LogP contribution in [0, 0.1) is 17.0 Å². The number of nitrogens with one attached hydrogen (secondary N) is 1. The Hall–Kier alpha value is -2.71. The van der Waals surface area contributed by atoms with Gasteiger partial charge in [0.25, 0.3) is 11.6 Å². The monoisotopic (exact) mass is 443 g/mol. The topological polar surface area (TPSA) is 85.1 Å². The molecule has 0 atom stereocenters. The van der Waals surface area contributed by atoms with Gasteiger partial charge in [-0.3, -0.25) is 14.9 Å². The zero-order valence-electron chi connectivity index (χ0n) is 14.2. The maximum absolute atomic E-state index is 12.8. The molecule has 136 valence electrons. The fourth-order valence-electron chi connectivity index (χ4n) is 2.42. The first-order valence-electron chi connectivity index (χ1n) is 7.89. The van der Waals surface area contributed by atoms with Gasteiger partial charge < -0.3 is 5.32 Å². The Morgan fingerprint density at radius 1 is 1.15 bits per heavy atom. The molecular weight excluding hydrogens is 430 g/mol. The zero-order valence-corrected chi connectivity index (χ0v) is 16.6. The van der Waals surface area contributed by atoms with Crippen LogP contribution in [0.2, 0.25) is 0 Å². The minimum absolute atomic E-state index is 0.0328. The van der Waals surface area contributed by atoms with Gasteiger partial charge in [-0.1, -0.05) is 30.0 Å². The molecule has 6 nitrogen and oxygen atoms in total. The molecule has 0 aliphatic heterocycles. The van der Waals surface area contributed by atoms with Gasteiger partial charge >= 0.3 is 0 Å². The Morgan fingerprint density at radius 3 is 2.63 bits per heavy atom. The van der Waals surface area contributed by atoms with Crippen molar-refractivity contribution in [3.8, 4) is 0 Å². The van der Waals surface area contributed by atoms with Crippen LogP contribution in [0.25, 0.3) is 0 Å². The zero-order chi connectivity index (χ0) is 19.4. The Kier molecular flexibility index (Phi) is 5.88. The molecule has 0 unspecified atom stereocenters. The van der Waals surface area contributed by atoms with Gasteiger partial charge in [0.1, 0.15) is 5.03 Å². The first-order valence-corrected chi connectivity index (χ1v) is 9.50. The Balaban J connectivity index is 1.87. The molecule has 3 aromatic rings. The molecule has 0 aliphatic carbocycles. The molecule has 8 heteroatoms. The van der Waals surface area contributed by atoms with E-state index in [1.807, 2.05) is 24.3 Å². The minimum Gasteiger partial charge on any atom is -0.321 e. The number of amides is 1. The molecule has 1 N–H and O–H groups in total. The number of carbonyl (C=O) groups excluding carboxylic acids is 1. The predicted molar refractivity (Wildman–Crippen MR) is 108 cm³/mol. The normalized spacial score (nSPS) is 10.4. The number of pyridine rings is 1. The summed E-state index contributed by atoms with van der Waals surface area (Å²) < 4.78 is 0.874. The van der Waals surface area contributed by atoms with Crippen LogP contribution in [0.15, 0.2) is 75.2 Å². The largest absolute Gasteiger partial charge is 0.321 e. The van der Waals surface area contributed by atoms with Crippen LogP contribution in [-0.4, -0.2) is 15.8 Å². The SMILES string of the molecule is Cc1c(NC(=O)c2ccccc2Sc2ccc(Br)cn2)cccc1[N+](=O)[O-]. The number of hydrogen-bond donors (Lipinski definition) is 1. The lowest BCUT2D eigenvalue weighted by Gasteiger charge is -2.11. The molecule has 1 aromatic heterocycles. The van der Waals surface area contributed by atoms with E-state index in [1.54, 1.807) is 37.4 Å². The summed E-state index contributed by atoms with van der Waals surface area (Å²) in [6.07, 6.45) is 1.69. The van der Waals surface area contributed by atoms with Crippen molar-refractivity contribution in [2.75, 3.05) is 5.32 Å². The second-order valence-electron chi connectivity index (χ2n) is 5.57. The summed E-state index contributed by atoms with van der Waals surface area (Å²) in [6.45, 7) is 1.61. The molecule has 0 spiro atoms. The fourth-order valence-corrected chi connectivity index (χ4v) is 3.54. The lowest BCUT2D eigenvalue weighted by Crippen LogP contribution is -2.14. The highest BCUT2D eigenvalue weighted by Gasteiger charge is 2.17. The number of rotatable bonds is 5. The van der Waals surface area contributed by atoms with Crippen molar-refractivity contribution in [1.29, 1.82) is 0 Å². The summed E-state index contributed by atoms with van der Waals surface area (Å²) in [5.41, 5.74) is 1.26. The van der Waals surface area contributed by atoms with Crippen LogP contribution in [-0.2, 0) is 0 Å². The van der Waals surface area contributed by atoms with E-state index in [0.29, 0.717) is 16.8 Å². The molecule has 0 saturated heterocycles. The molecule has 1 amide bonds. The number of halogens is 1. The number of nitro benzene ring substituents is 1. The summed E-state index contributed by atoms with van der Waals surface area (Å²) in [5.74, 6) is -0.334. The third-order valence-corrected chi connectivity index (χ3v) is 5.29. The number of benzene rings is 2. The summed E-state index contributed by atoms with van der Waals surface area (Å²) in [6, 6.07) is 15.5. The summed E-state index contributed by atoms with van der Waals surface area (Å²) in [4.78, 5) is 28.5. The molecule has 2 aromatic carbocycles. The van der Waals surface area contributed by atoms with E-state index in [-0.39, 0.29) is 11.6 Å². The Labute approximate surface area is 168 Å². The molecular formula is C19H14BrN3O3S. The molecule has 0 fully saturated rings. The predicted octanol–water partition coefficient (Wildman–Crippen LogP) is 5.46. The standard InChI is InChI=1S/C19H14BrN3O3S/c1-12-15(6-4-7-16(12)23(25)26)22-19(24)14-5-2-3-8-17(14)27-18-10-9-13(20)11-21-18/h2-11H,1H3,(H,22,24). The summed E-state index contributed by atoms with van der Waals surface area (Å²) >= 11 is 4.72. The van der Waals surface area contributed by atoms with Crippen LogP contribution in [0.4, 0.5) is 11.4 Å². The highest BCUT2D eigenvalue weighted by atomic mass is 79.9. The smallest absolute Gasteiger partial charge is 0.274 e. The number of hydrogen-bond acceptors (Lipinski definition) is 5. The highest BCUT2D eigenvalue weighted by Crippen LogP contribution is 2.31. The maximum atomic E-state index is 12.8. The van der Waals surface area contributed by atoms with Crippen molar-refractivity contribution >= 4 is 45.0 Å². The van der Waals surface area contributed by atoms with E-state index >= 15 is 0 Å².